The Hall–Kier alpha value is -3.40. The van der Waals surface area contributed by atoms with E-state index in [4.69, 9.17) is 11.6 Å². The number of carboxylic acids is 1. The van der Waals surface area contributed by atoms with Crippen LogP contribution in [0.2, 0.25) is 5.02 Å². The molecule has 0 heterocycles. The van der Waals surface area contributed by atoms with E-state index in [0.29, 0.717) is 17.8 Å². The summed E-state index contributed by atoms with van der Waals surface area (Å²) in [7, 11) is -4.13. The average Bonchev–Trinajstić information content (AvgIpc) is 2.83. The number of urea groups is 1. The Morgan fingerprint density at radius 2 is 1.69 bits per heavy atom. The fraction of sp³-hybridized carbons (Fsp3) is 0.200. The van der Waals surface area contributed by atoms with Crippen LogP contribution >= 0.6 is 11.6 Å². The molecule has 0 aliphatic carbocycles. The van der Waals surface area contributed by atoms with Gasteiger partial charge in [-0.05, 0) is 53.8 Å². The Labute approximate surface area is 209 Å². The maximum Gasteiger partial charge on any atom is 0.322 e. The van der Waals surface area contributed by atoms with Crippen LogP contribution in [-0.4, -0.2) is 38.1 Å². The molecule has 0 aliphatic rings. The normalized spacial score (nSPS) is 12.1. The minimum absolute atomic E-state index is 0.00746. The zero-order valence-corrected chi connectivity index (χ0v) is 20.6. The number of carbonyl (C=O) groups is 2. The zero-order valence-electron chi connectivity index (χ0n) is 19.0. The number of rotatable bonds is 10. The molecule has 10 heteroatoms. The van der Waals surface area contributed by atoms with Crippen LogP contribution < -0.4 is 15.4 Å². The third-order valence-corrected chi connectivity index (χ3v) is 7.08. The number of aliphatic carboxylic acids is 1. The van der Waals surface area contributed by atoms with Gasteiger partial charge in [-0.1, -0.05) is 67.1 Å². The molecule has 35 heavy (non-hydrogen) atoms. The molecule has 0 fully saturated rings. The van der Waals surface area contributed by atoms with E-state index in [1.165, 1.54) is 18.2 Å². The molecule has 3 rings (SSSR count). The summed E-state index contributed by atoms with van der Waals surface area (Å²) in [4.78, 5) is 23.5. The SMILES string of the molecule is CCCNC(=O)Nc1cccc(-c2ccc(C[C@H](NS(=O)(=O)c3ccccc3Cl)C(=O)O)cc2)c1. The number of halogens is 1. The Morgan fingerprint density at radius 3 is 2.34 bits per heavy atom. The van der Waals surface area contributed by atoms with Gasteiger partial charge in [-0.3, -0.25) is 4.79 Å². The van der Waals surface area contributed by atoms with E-state index in [0.717, 1.165) is 17.5 Å². The maximum atomic E-state index is 12.7. The minimum Gasteiger partial charge on any atom is -0.480 e. The molecule has 3 aromatic rings. The van der Waals surface area contributed by atoms with E-state index >= 15 is 0 Å². The molecule has 3 aromatic carbocycles. The molecule has 0 radical (unpaired) electrons. The van der Waals surface area contributed by atoms with E-state index in [-0.39, 0.29) is 22.4 Å². The number of sulfonamides is 1. The van der Waals surface area contributed by atoms with Crippen LogP contribution in [0, 0.1) is 0 Å². The van der Waals surface area contributed by atoms with E-state index in [1.54, 1.807) is 24.3 Å². The molecule has 2 amide bonds. The zero-order chi connectivity index (χ0) is 25.4. The summed E-state index contributed by atoms with van der Waals surface area (Å²) in [5.41, 5.74) is 2.99. The van der Waals surface area contributed by atoms with Gasteiger partial charge in [0.1, 0.15) is 10.9 Å². The lowest BCUT2D eigenvalue weighted by Crippen LogP contribution is -2.42. The maximum absolute atomic E-state index is 12.7. The summed E-state index contributed by atoms with van der Waals surface area (Å²) in [6.07, 6.45) is 0.780. The molecular formula is C25H26ClN3O5S. The molecule has 4 N–H and O–H groups in total. The summed E-state index contributed by atoms with van der Waals surface area (Å²) in [6, 6.07) is 18.6. The lowest BCUT2D eigenvalue weighted by atomic mass is 10.0. The van der Waals surface area contributed by atoms with Crippen LogP contribution in [0.4, 0.5) is 10.5 Å². The van der Waals surface area contributed by atoms with E-state index in [1.807, 2.05) is 37.3 Å². The average molecular weight is 516 g/mol. The third kappa shape index (κ3) is 7.29. The molecule has 1 atom stereocenters. The fourth-order valence-corrected chi connectivity index (χ4v) is 5.06. The Balaban J connectivity index is 1.72. The number of hydrogen-bond donors (Lipinski definition) is 4. The smallest absolute Gasteiger partial charge is 0.322 e. The van der Waals surface area contributed by atoms with Crippen molar-refractivity contribution < 1.29 is 23.1 Å². The van der Waals surface area contributed by atoms with Crippen molar-refractivity contribution in [3.05, 3.63) is 83.4 Å². The monoisotopic (exact) mass is 515 g/mol. The lowest BCUT2D eigenvalue weighted by molar-refractivity contribution is -0.138. The number of carboxylic acid groups (broad SMARTS) is 1. The van der Waals surface area contributed by atoms with Crippen molar-refractivity contribution in [3.8, 4) is 11.1 Å². The molecule has 0 saturated heterocycles. The first-order valence-corrected chi connectivity index (χ1v) is 12.8. The Bertz CT molecular complexity index is 1300. The lowest BCUT2D eigenvalue weighted by Gasteiger charge is -2.16. The van der Waals surface area contributed by atoms with Gasteiger partial charge in [0.05, 0.1) is 5.02 Å². The van der Waals surface area contributed by atoms with Gasteiger partial charge < -0.3 is 15.7 Å². The van der Waals surface area contributed by atoms with Crippen LogP contribution in [0.5, 0.6) is 0 Å². The molecule has 184 valence electrons. The second-order valence-corrected chi connectivity index (χ2v) is 9.89. The highest BCUT2D eigenvalue weighted by Crippen LogP contribution is 2.24. The second-order valence-electron chi connectivity index (χ2n) is 7.81. The molecule has 0 saturated carbocycles. The first-order valence-electron chi connectivity index (χ1n) is 10.9. The van der Waals surface area contributed by atoms with Crippen molar-refractivity contribution >= 4 is 39.3 Å². The standard InChI is InChI=1S/C25H26ClN3O5S/c1-2-14-27-25(32)28-20-7-5-6-19(16-20)18-12-10-17(11-13-18)15-22(24(30)31)29-35(33,34)23-9-4-3-8-21(23)26/h3-13,16,22,29H,2,14-15H2,1H3,(H,30,31)(H2,27,28,32)/t22-/m0/s1. The van der Waals surface area contributed by atoms with Gasteiger partial charge in [0.25, 0.3) is 0 Å². The molecule has 0 aromatic heterocycles. The first kappa shape index (κ1) is 26.2. The number of amides is 2. The van der Waals surface area contributed by atoms with Gasteiger partial charge in [-0.25, -0.2) is 13.2 Å². The number of hydrogen-bond acceptors (Lipinski definition) is 4. The van der Waals surface area contributed by atoms with Crippen molar-refractivity contribution in [2.24, 2.45) is 0 Å². The first-order chi connectivity index (χ1) is 16.7. The predicted molar refractivity (Wildman–Crippen MR) is 136 cm³/mol. The van der Waals surface area contributed by atoms with Crippen molar-refractivity contribution in [1.29, 1.82) is 0 Å². The number of carbonyl (C=O) groups excluding carboxylic acids is 1. The van der Waals surface area contributed by atoms with Crippen LogP contribution in [0.3, 0.4) is 0 Å². The van der Waals surface area contributed by atoms with Crippen LogP contribution in [0.25, 0.3) is 11.1 Å². The topological polar surface area (TPSA) is 125 Å². The van der Waals surface area contributed by atoms with Gasteiger partial charge >= 0.3 is 12.0 Å². The van der Waals surface area contributed by atoms with Crippen LogP contribution in [0.1, 0.15) is 18.9 Å². The van der Waals surface area contributed by atoms with Crippen molar-refractivity contribution in [2.45, 2.75) is 30.7 Å². The van der Waals surface area contributed by atoms with Gasteiger partial charge in [0, 0.05) is 12.2 Å². The Morgan fingerprint density at radius 1 is 0.971 bits per heavy atom. The van der Waals surface area contributed by atoms with Gasteiger partial charge in [-0.2, -0.15) is 4.72 Å². The molecular weight excluding hydrogens is 490 g/mol. The highest BCUT2D eigenvalue weighted by Gasteiger charge is 2.27. The van der Waals surface area contributed by atoms with Crippen LogP contribution in [-0.2, 0) is 21.2 Å². The quantitative estimate of drug-likeness (QED) is 0.316. The molecule has 0 unspecified atom stereocenters. The van der Waals surface area contributed by atoms with Crippen molar-refractivity contribution in [3.63, 3.8) is 0 Å². The molecule has 0 aliphatic heterocycles. The number of anilines is 1. The van der Waals surface area contributed by atoms with Crippen molar-refractivity contribution in [2.75, 3.05) is 11.9 Å². The highest BCUT2D eigenvalue weighted by molar-refractivity contribution is 7.89. The molecule has 0 bridgehead atoms. The predicted octanol–water partition coefficient (Wildman–Crippen LogP) is 4.51. The van der Waals surface area contributed by atoms with E-state index in [2.05, 4.69) is 15.4 Å². The number of benzene rings is 3. The van der Waals surface area contributed by atoms with Crippen molar-refractivity contribution in [1.82, 2.24) is 10.0 Å². The minimum atomic E-state index is -4.13. The molecule has 0 spiro atoms. The largest absolute Gasteiger partial charge is 0.480 e. The highest BCUT2D eigenvalue weighted by atomic mass is 35.5. The van der Waals surface area contributed by atoms with E-state index in [9.17, 15) is 23.1 Å². The van der Waals surface area contributed by atoms with Gasteiger partial charge in [-0.15, -0.1) is 0 Å². The summed E-state index contributed by atoms with van der Waals surface area (Å²) in [5.74, 6) is -1.30. The summed E-state index contributed by atoms with van der Waals surface area (Å²) in [5, 5.41) is 15.1. The molecule has 8 nitrogen and oxygen atoms in total. The second kappa shape index (κ2) is 11.8. The third-order valence-electron chi connectivity index (χ3n) is 5.10. The summed E-state index contributed by atoms with van der Waals surface area (Å²) >= 11 is 5.98. The number of nitrogens with one attached hydrogen (secondary N) is 3. The van der Waals surface area contributed by atoms with Crippen LogP contribution in [0.15, 0.2) is 77.7 Å². The summed E-state index contributed by atoms with van der Waals surface area (Å²) in [6.45, 7) is 2.55. The summed E-state index contributed by atoms with van der Waals surface area (Å²) < 4.78 is 27.6. The van der Waals surface area contributed by atoms with Gasteiger partial charge in [0.15, 0.2) is 0 Å². The Kier molecular flexibility index (Phi) is 8.86. The van der Waals surface area contributed by atoms with Gasteiger partial charge in [0.2, 0.25) is 10.0 Å². The van der Waals surface area contributed by atoms with E-state index < -0.39 is 22.0 Å². The fourth-order valence-electron chi connectivity index (χ4n) is 3.35.